The number of aliphatic hydroxyl groups excluding tert-OH is 2. The smallest absolute Gasteiger partial charge is 0.410 e. The van der Waals surface area contributed by atoms with Gasteiger partial charge < -0.3 is 28.8 Å². The molecular weight excluding hydrogens is 454 g/mol. The molecule has 1 amide bonds. The summed E-state index contributed by atoms with van der Waals surface area (Å²) in [5.41, 5.74) is 0.899. The Kier molecular flexibility index (Phi) is 8.16. The van der Waals surface area contributed by atoms with E-state index in [2.05, 4.69) is 33.9 Å². The summed E-state index contributed by atoms with van der Waals surface area (Å²) in [6, 6.07) is 9.00. The molecule has 0 spiro atoms. The van der Waals surface area contributed by atoms with Crippen molar-refractivity contribution in [3.05, 3.63) is 35.9 Å². The van der Waals surface area contributed by atoms with Gasteiger partial charge in [-0.15, -0.1) is 0 Å². The van der Waals surface area contributed by atoms with Crippen molar-refractivity contribution in [2.75, 3.05) is 13.2 Å². The fourth-order valence-corrected chi connectivity index (χ4v) is 5.73. The largest absolute Gasteiger partial charge is 0.445 e. The van der Waals surface area contributed by atoms with Crippen molar-refractivity contribution in [1.82, 2.24) is 4.90 Å². The monoisotopic (exact) mass is 495 g/mol. The van der Waals surface area contributed by atoms with Gasteiger partial charge in [0.05, 0.1) is 18.8 Å². The van der Waals surface area contributed by atoms with E-state index in [1.807, 2.05) is 30.3 Å². The predicted molar refractivity (Wildman–Crippen MR) is 131 cm³/mol. The van der Waals surface area contributed by atoms with Gasteiger partial charge in [-0.05, 0) is 44.0 Å². The molecular formula is C25H41NO7Si. The molecule has 2 N–H and O–H groups in total. The van der Waals surface area contributed by atoms with Crippen molar-refractivity contribution in [1.29, 1.82) is 0 Å². The van der Waals surface area contributed by atoms with Crippen LogP contribution in [-0.2, 0) is 25.2 Å². The summed E-state index contributed by atoms with van der Waals surface area (Å²) in [6.45, 7) is 14.5. The van der Waals surface area contributed by atoms with Crippen LogP contribution in [0.4, 0.5) is 4.79 Å². The number of aliphatic hydroxyl groups is 2. The van der Waals surface area contributed by atoms with Crippen LogP contribution in [-0.4, -0.2) is 78.9 Å². The number of ether oxygens (including phenoxy) is 3. The van der Waals surface area contributed by atoms with Crippen molar-refractivity contribution < 1.29 is 33.6 Å². The lowest BCUT2D eigenvalue weighted by Gasteiger charge is -2.42. The molecule has 2 saturated heterocycles. The fraction of sp³-hybridized carbons (Fsp3) is 0.720. The lowest BCUT2D eigenvalue weighted by Crippen LogP contribution is -2.56. The second-order valence-corrected chi connectivity index (χ2v) is 16.0. The maximum Gasteiger partial charge on any atom is 0.410 e. The molecule has 9 heteroatoms. The summed E-state index contributed by atoms with van der Waals surface area (Å²) in [6.07, 6.45) is -2.78. The van der Waals surface area contributed by atoms with E-state index >= 15 is 0 Å². The normalized spacial score (nSPS) is 28.2. The van der Waals surface area contributed by atoms with Gasteiger partial charge in [-0.2, -0.15) is 0 Å². The Balaban J connectivity index is 1.88. The highest BCUT2D eigenvalue weighted by Crippen LogP contribution is 2.42. The van der Waals surface area contributed by atoms with E-state index in [9.17, 15) is 15.0 Å². The molecule has 0 saturated carbocycles. The summed E-state index contributed by atoms with van der Waals surface area (Å²) in [5.74, 6) is -0.977. The number of nitrogens with zero attached hydrogens (tertiary/aromatic N) is 1. The molecule has 2 aliphatic heterocycles. The van der Waals surface area contributed by atoms with Crippen LogP contribution >= 0.6 is 0 Å². The first-order valence-electron chi connectivity index (χ1n) is 12.1. The molecule has 2 heterocycles. The lowest BCUT2D eigenvalue weighted by molar-refractivity contribution is -0.160. The number of benzene rings is 1. The minimum Gasteiger partial charge on any atom is -0.445 e. The molecule has 2 aliphatic rings. The van der Waals surface area contributed by atoms with Crippen molar-refractivity contribution in [2.24, 2.45) is 0 Å². The Labute approximate surface area is 204 Å². The minimum absolute atomic E-state index is 0.0187. The number of hydrogen-bond donors (Lipinski definition) is 2. The van der Waals surface area contributed by atoms with Gasteiger partial charge in [0.2, 0.25) is 0 Å². The zero-order valence-electron chi connectivity index (χ0n) is 21.5. The Morgan fingerprint density at radius 3 is 2.47 bits per heavy atom. The maximum atomic E-state index is 13.3. The molecule has 0 bridgehead atoms. The number of likely N-dealkylation sites (tertiary alicyclic amines) is 1. The number of amides is 1. The maximum absolute atomic E-state index is 13.3. The van der Waals surface area contributed by atoms with E-state index in [0.29, 0.717) is 13.0 Å². The highest BCUT2D eigenvalue weighted by Gasteiger charge is 2.56. The van der Waals surface area contributed by atoms with E-state index in [4.69, 9.17) is 18.6 Å². The molecule has 34 heavy (non-hydrogen) atoms. The molecule has 3 rings (SSSR count). The summed E-state index contributed by atoms with van der Waals surface area (Å²) in [7, 11) is -2.18. The van der Waals surface area contributed by atoms with Crippen molar-refractivity contribution in [3.8, 4) is 0 Å². The van der Waals surface area contributed by atoms with Gasteiger partial charge in [-0.3, -0.25) is 4.90 Å². The van der Waals surface area contributed by atoms with Gasteiger partial charge in [-0.25, -0.2) is 4.79 Å². The highest BCUT2D eigenvalue weighted by atomic mass is 28.4. The Morgan fingerprint density at radius 1 is 1.24 bits per heavy atom. The number of carbonyl (C=O) groups excluding carboxylic acids is 1. The zero-order valence-corrected chi connectivity index (χ0v) is 22.5. The van der Waals surface area contributed by atoms with Crippen LogP contribution in [0.15, 0.2) is 30.3 Å². The van der Waals surface area contributed by atoms with Crippen LogP contribution < -0.4 is 0 Å². The molecule has 0 aliphatic carbocycles. The van der Waals surface area contributed by atoms with Gasteiger partial charge in [0, 0.05) is 6.54 Å². The van der Waals surface area contributed by atoms with E-state index in [1.165, 1.54) is 0 Å². The highest BCUT2D eigenvalue weighted by molar-refractivity contribution is 6.74. The third-order valence-corrected chi connectivity index (χ3v) is 11.7. The molecule has 1 aromatic carbocycles. The van der Waals surface area contributed by atoms with Crippen LogP contribution in [0.1, 0.15) is 46.6 Å². The average molecular weight is 496 g/mol. The molecule has 2 fully saturated rings. The van der Waals surface area contributed by atoms with E-state index in [1.54, 1.807) is 18.7 Å². The number of carbonyl (C=O) groups is 1. The molecule has 8 nitrogen and oxygen atoms in total. The first-order valence-corrected chi connectivity index (χ1v) is 15.0. The third-order valence-electron chi connectivity index (χ3n) is 7.15. The molecule has 0 radical (unpaired) electrons. The summed E-state index contributed by atoms with van der Waals surface area (Å²) >= 11 is 0. The molecule has 192 valence electrons. The molecule has 5 atom stereocenters. The molecule has 1 aromatic rings. The topological polar surface area (TPSA) is 97.7 Å². The quantitative estimate of drug-likeness (QED) is 0.557. The van der Waals surface area contributed by atoms with Crippen LogP contribution in [0.5, 0.6) is 0 Å². The fourth-order valence-electron chi connectivity index (χ4n) is 4.36. The molecule has 0 aromatic heterocycles. The summed E-state index contributed by atoms with van der Waals surface area (Å²) in [5, 5.41) is 20.2. The lowest BCUT2D eigenvalue weighted by atomic mass is 9.97. The van der Waals surface area contributed by atoms with Gasteiger partial charge >= 0.3 is 6.09 Å². The van der Waals surface area contributed by atoms with Crippen molar-refractivity contribution in [3.63, 3.8) is 0 Å². The van der Waals surface area contributed by atoms with Crippen LogP contribution in [0, 0.1) is 0 Å². The summed E-state index contributed by atoms with van der Waals surface area (Å²) < 4.78 is 24.6. The Morgan fingerprint density at radius 2 is 1.88 bits per heavy atom. The molecule has 0 unspecified atom stereocenters. The van der Waals surface area contributed by atoms with E-state index < -0.39 is 51.2 Å². The van der Waals surface area contributed by atoms with Gasteiger partial charge in [0.1, 0.15) is 24.9 Å². The first-order chi connectivity index (χ1) is 15.8. The Hall–Kier alpha value is -1.49. The van der Waals surface area contributed by atoms with Gasteiger partial charge in [-0.1, -0.05) is 51.1 Å². The zero-order chi connectivity index (χ0) is 25.3. The van der Waals surface area contributed by atoms with E-state index in [0.717, 1.165) is 5.56 Å². The second kappa shape index (κ2) is 10.2. The third kappa shape index (κ3) is 6.00. The SMILES string of the molecule is CC1(C)O[C@@H]([C@H](O)CO)[C@@H]([C@H]2[C@@H](O[Si](C)(C)C(C)(C)C)CCN2C(=O)OCc2ccccc2)O1. The number of hydrogen-bond acceptors (Lipinski definition) is 7. The number of rotatable bonds is 7. The predicted octanol–water partition coefficient (Wildman–Crippen LogP) is 3.66. The van der Waals surface area contributed by atoms with Gasteiger partial charge in [0.25, 0.3) is 0 Å². The van der Waals surface area contributed by atoms with Crippen LogP contribution in [0.25, 0.3) is 0 Å². The average Bonchev–Trinajstić information content (AvgIpc) is 3.30. The van der Waals surface area contributed by atoms with E-state index in [-0.39, 0.29) is 17.7 Å². The van der Waals surface area contributed by atoms with Gasteiger partial charge in [0.15, 0.2) is 14.1 Å². The van der Waals surface area contributed by atoms with Crippen LogP contribution in [0.2, 0.25) is 18.1 Å². The second-order valence-electron chi connectivity index (χ2n) is 11.2. The standard InChI is InChI=1S/C25H41NO7Si/c1-24(2,3)34(6,7)33-19-13-14-26(23(29)30-16-17-11-9-8-10-12-17)20(19)22-21(18(28)15-27)31-25(4,5)32-22/h8-12,18-22,27-28H,13-16H2,1-7H3/t18-,19+,20-,21+,22-/m1/s1. The summed E-state index contributed by atoms with van der Waals surface area (Å²) in [4.78, 5) is 14.9. The minimum atomic E-state index is -2.18. The van der Waals surface area contributed by atoms with Crippen molar-refractivity contribution in [2.45, 2.75) is 102 Å². The Bertz CT molecular complexity index is 826. The van der Waals surface area contributed by atoms with Crippen molar-refractivity contribution >= 4 is 14.4 Å². The van der Waals surface area contributed by atoms with Crippen LogP contribution in [0.3, 0.4) is 0 Å². The first kappa shape index (κ1) is 27.1.